The fraction of sp³-hybridized carbons (Fsp3) is 0.929. The molecule has 9 atom stereocenters. The minimum Gasteiger partial charge on any atom is -0.393 e. The molecule has 3 saturated carbocycles. The second-order valence-corrected chi connectivity index (χ2v) is 12.6. The highest BCUT2D eigenvalue weighted by Crippen LogP contribution is 2.66. The van der Waals surface area contributed by atoms with Gasteiger partial charge in [0.2, 0.25) is 0 Å². The molecule has 2 heteroatoms. The highest BCUT2D eigenvalue weighted by atomic mass is 16.6. The molecule has 1 N–H and O–H groups in total. The maximum Gasteiger partial charge on any atom is 0.0916 e. The van der Waals surface area contributed by atoms with Gasteiger partial charge in [-0.2, -0.15) is 0 Å². The average molecular weight is 415 g/mol. The van der Waals surface area contributed by atoms with Crippen LogP contribution in [-0.2, 0) is 4.74 Å². The molecular formula is C28H46O2. The molecule has 5 aliphatic rings. The molecule has 0 bridgehead atoms. The lowest BCUT2D eigenvalue weighted by atomic mass is 9.47. The van der Waals surface area contributed by atoms with Crippen LogP contribution in [0.4, 0.5) is 0 Å². The van der Waals surface area contributed by atoms with E-state index in [2.05, 4.69) is 33.8 Å². The Morgan fingerprint density at radius 1 is 1.10 bits per heavy atom. The number of aliphatic hydroxyl groups excluding tert-OH is 1. The van der Waals surface area contributed by atoms with Crippen LogP contribution in [0.1, 0.15) is 105 Å². The van der Waals surface area contributed by atoms with Crippen molar-refractivity contribution in [1.29, 1.82) is 0 Å². The zero-order chi connectivity index (χ0) is 21.1. The van der Waals surface area contributed by atoms with Crippen LogP contribution in [0.5, 0.6) is 0 Å². The van der Waals surface area contributed by atoms with Crippen molar-refractivity contribution < 1.29 is 9.84 Å². The third-order valence-electron chi connectivity index (χ3n) is 11.3. The van der Waals surface area contributed by atoms with E-state index < -0.39 is 0 Å². The van der Waals surface area contributed by atoms with Crippen LogP contribution in [0.3, 0.4) is 0 Å². The van der Waals surface area contributed by atoms with E-state index in [4.69, 9.17) is 4.74 Å². The number of hydrogen-bond donors (Lipinski definition) is 1. The molecule has 5 rings (SSSR count). The molecule has 0 radical (unpaired) electrons. The van der Waals surface area contributed by atoms with E-state index in [1.807, 2.05) is 0 Å². The summed E-state index contributed by atoms with van der Waals surface area (Å²) in [7, 11) is 0. The Morgan fingerprint density at radius 3 is 2.63 bits per heavy atom. The summed E-state index contributed by atoms with van der Waals surface area (Å²) in [6.45, 7) is 10.9. The number of allylic oxidation sites excluding steroid dienone is 1. The average Bonchev–Trinajstić information content (AvgIpc) is 3.37. The first kappa shape index (κ1) is 21.5. The largest absolute Gasteiger partial charge is 0.393 e. The van der Waals surface area contributed by atoms with Crippen molar-refractivity contribution in [3.63, 3.8) is 0 Å². The number of fused-ring (bicyclic) bond motifs is 5. The van der Waals surface area contributed by atoms with E-state index >= 15 is 0 Å². The predicted molar refractivity (Wildman–Crippen MR) is 123 cm³/mol. The fourth-order valence-corrected chi connectivity index (χ4v) is 9.13. The molecule has 3 unspecified atom stereocenters. The molecule has 0 amide bonds. The maximum absolute atomic E-state index is 10.2. The summed E-state index contributed by atoms with van der Waals surface area (Å²) >= 11 is 0. The molecule has 0 aromatic rings. The van der Waals surface area contributed by atoms with Gasteiger partial charge in [0.15, 0.2) is 0 Å². The quantitative estimate of drug-likeness (QED) is 0.378. The van der Waals surface area contributed by atoms with Crippen molar-refractivity contribution in [1.82, 2.24) is 0 Å². The van der Waals surface area contributed by atoms with E-state index in [0.29, 0.717) is 10.8 Å². The molecule has 0 aromatic carbocycles. The van der Waals surface area contributed by atoms with Gasteiger partial charge in [0.05, 0.1) is 18.3 Å². The van der Waals surface area contributed by atoms with Crippen molar-refractivity contribution in [2.24, 2.45) is 40.4 Å². The summed E-state index contributed by atoms with van der Waals surface area (Å²) in [4.78, 5) is 0. The van der Waals surface area contributed by atoms with E-state index in [1.54, 1.807) is 5.57 Å². The molecule has 4 aliphatic carbocycles. The molecule has 4 fully saturated rings. The van der Waals surface area contributed by atoms with Crippen molar-refractivity contribution in [3.05, 3.63) is 11.6 Å². The maximum atomic E-state index is 10.2. The Balaban J connectivity index is 1.25. The predicted octanol–water partition coefficient (Wildman–Crippen LogP) is 6.91. The van der Waals surface area contributed by atoms with Crippen molar-refractivity contribution in [2.45, 2.75) is 116 Å². The topological polar surface area (TPSA) is 32.8 Å². The lowest BCUT2D eigenvalue weighted by molar-refractivity contribution is -0.0510. The SMILES string of the molecule is CC[C@H](CCC[C@H]1CCC2C3CC=C4C[C@@H](O)CC[C@]4(C)C3CC[C@@]21C)[C@@]1(C)CO1. The Hall–Kier alpha value is -0.340. The van der Waals surface area contributed by atoms with Crippen LogP contribution >= 0.6 is 0 Å². The van der Waals surface area contributed by atoms with Crippen LogP contribution in [0.25, 0.3) is 0 Å². The van der Waals surface area contributed by atoms with Gasteiger partial charge in [-0.3, -0.25) is 0 Å². The van der Waals surface area contributed by atoms with Crippen LogP contribution in [0.2, 0.25) is 0 Å². The van der Waals surface area contributed by atoms with E-state index in [0.717, 1.165) is 49.0 Å². The molecule has 2 nitrogen and oxygen atoms in total. The number of hydrogen-bond acceptors (Lipinski definition) is 2. The van der Waals surface area contributed by atoms with Gasteiger partial charge in [0, 0.05) is 0 Å². The Morgan fingerprint density at radius 2 is 1.90 bits per heavy atom. The highest BCUT2D eigenvalue weighted by molar-refractivity contribution is 5.25. The first-order chi connectivity index (χ1) is 14.3. The first-order valence-corrected chi connectivity index (χ1v) is 13.3. The standard InChI is InChI=1S/C28H46O2/c1-5-19(28(4)18-30-28)7-6-8-20-10-12-24-23-11-9-21-17-22(29)13-15-27(21,3)25(23)14-16-26(20,24)2/h9,19-20,22-25,29H,5-8,10-18H2,1-4H3/t19-,20+,22+,23?,24?,25?,26-,27+,28-/m1/s1. The van der Waals surface area contributed by atoms with Gasteiger partial charge >= 0.3 is 0 Å². The molecule has 30 heavy (non-hydrogen) atoms. The van der Waals surface area contributed by atoms with Crippen molar-refractivity contribution in [2.75, 3.05) is 6.61 Å². The van der Waals surface area contributed by atoms with Crippen molar-refractivity contribution in [3.8, 4) is 0 Å². The molecule has 0 spiro atoms. The summed E-state index contributed by atoms with van der Waals surface area (Å²) in [5, 5.41) is 10.2. The minimum absolute atomic E-state index is 0.0826. The molecule has 170 valence electrons. The normalized spacial score (nSPS) is 50.8. The van der Waals surface area contributed by atoms with Gasteiger partial charge in [-0.15, -0.1) is 0 Å². The number of aliphatic hydroxyl groups is 1. The number of rotatable bonds is 6. The summed E-state index contributed by atoms with van der Waals surface area (Å²) in [6.07, 6.45) is 18.3. The summed E-state index contributed by atoms with van der Waals surface area (Å²) in [5.74, 6) is 4.43. The lowest BCUT2D eigenvalue weighted by Gasteiger charge is -2.58. The summed E-state index contributed by atoms with van der Waals surface area (Å²) in [6, 6.07) is 0. The van der Waals surface area contributed by atoms with Gasteiger partial charge < -0.3 is 9.84 Å². The van der Waals surface area contributed by atoms with E-state index in [1.165, 1.54) is 64.2 Å². The van der Waals surface area contributed by atoms with E-state index in [9.17, 15) is 5.11 Å². The van der Waals surface area contributed by atoms with Crippen molar-refractivity contribution >= 4 is 0 Å². The number of epoxide rings is 1. The summed E-state index contributed by atoms with van der Waals surface area (Å²) < 4.78 is 5.77. The monoisotopic (exact) mass is 414 g/mol. The Bertz CT molecular complexity index is 678. The smallest absolute Gasteiger partial charge is 0.0916 e. The van der Waals surface area contributed by atoms with Crippen LogP contribution < -0.4 is 0 Å². The Labute approximate surface area is 185 Å². The van der Waals surface area contributed by atoms with Gasteiger partial charge in [-0.25, -0.2) is 0 Å². The third kappa shape index (κ3) is 3.35. The van der Waals surface area contributed by atoms with Crippen LogP contribution in [0, 0.1) is 40.4 Å². The number of ether oxygens (including phenoxy) is 1. The minimum atomic E-state index is -0.0826. The third-order valence-corrected chi connectivity index (χ3v) is 11.3. The molecule has 1 aliphatic heterocycles. The molecular weight excluding hydrogens is 368 g/mol. The highest BCUT2D eigenvalue weighted by Gasteiger charge is 2.58. The summed E-state index contributed by atoms with van der Waals surface area (Å²) in [5.41, 5.74) is 2.79. The second-order valence-electron chi connectivity index (χ2n) is 12.6. The van der Waals surface area contributed by atoms with Crippen LogP contribution in [-0.4, -0.2) is 23.4 Å². The van der Waals surface area contributed by atoms with Gasteiger partial charge in [0.25, 0.3) is 0 Å². The van der Waals surface area contributed by atoms with Crippen LogP contribution in [0.15, 0.2) is 11.6 Å². The molecule has 1 heterocycles. The van der Waals surface area contributed by atoms with Gasteiger partial charge in [0.1, 0.15) is 0 Å². The zero-order valence-electron chi connectivity index (χ0n) is 20.1. The second kappa shape index (κ2) is 7.62. The molecule has 0 aromatic heterocycles. The van der Waals surface area contributed by atoms with E-state index in [-0.39, 0.29) is 11.7 Å². The first-order valence-electron chi connectivity index (χ1n) is 13.3. The Kier molecular flexibility index (Phi) is 5.46. The fourth-order valence-electron chi connectivity index (χ4n) is 9.13. The van der Waals surface area contributed by atoms with Gasteiger partial charge in [-0.05, 0) is 112 Å². The molecule has 1 saturated heterocycles. The zero-order valence-corrected chi connectivity index (χ0v) is 20.1. The lowest BCUT2D eigenvalue weighted by Crippen LogP contribution is -2.50. The van der Waals surface area contributed by atoms with Gasteiger partial charge in [-0.1, -0.05) is 45.3 Å².